The minimum absolute atomic E-state index is 0.301. The van der Waals surface area contributed by atoms with Gasteiger partial charge in [0.2, 0.25) is 5.89 Å². The lowest BCUT2D eigenvalue weighted by Crippen LogP contribution is -1.96. The van der Waals surface area contributed by atoms with Crippen molar-refractivity contribution in [2.45, 2.75) is 25.6 Å². The number of aromatic nitrogens is 2. The Kier molecular flexibility index (Phi) is 4.78. The lowest BCUT2D eigenvalue weighted by molar-refractivity contribution is 0.143. The molecule has 0 saturated heterocycles. The lowest BCUT2D eigenvalue weighted by Gasteiger charge is -1.96. The quantitative estimate of drug-likeness (QED) is 0.524. The lowest BCUT2D eigenvalue weighted by atomic mass is 10.3. The molecule has 0 unspecified atom stereocenters. The van der Waals surface area contributed by atoms with E-state index in [-0.39, 0.29) is 0 Å². The fourth-order valence-electron chi connectivity index (χ4n) is 0.916. The highest BCUT2D eigenvalue weighted by Crippen LogP contribution is 2.02. The monoisotopic (exact) mass is 204 g/mol. The van der Waals surface area contributed by atoms with E-state index in [9.17, 15) is 0 Å². The molecule has 0 saturated carbocycles. The van der Waals surface area contributed by atoms with Gasteiger partial charge in [0.1, 0.15) is 0 Å². The molecule has 0 atom stereocenters. The first kappa shape index (κ1) is 10.5. The predicted octanol–water partition coefficient (Wildman–Crippen LogP) is 1.78. The summed E-state index contributed by atoms with van der Waals surface area (Å²) in [5, 5.41) is 3.67. The van der Waals surface area contributed by atoms with Crippen molar-refractivity contribution in [2.24, 2.45) is 0 Å². The molecule has 13 heavy (non-hydrogen) atoms. The van der Waals surface area contributed by atoms with E-state index in [2.05, 4.69) is 10.1 Å². The molecule has 1 aromatic heterocycles. The van der Waals surface area contributed by atoms with Crippen molar-refractivity contribution in [3.8, 4) is 0 Å². The van der Waals surface area contributed by atoms with Crippen LogP contribution in [-0.4, -0.2) is 23.4 Å². The molecule has 1 rings (SSSR count). The van der Waals surface area contributed by atoms with Gasteiger partial charge in [0, 0.05) is 19.6 Å². The Morgan fingerprint density at radius 2 is 2.38 bits per heavy atom. The summed E-state index contributed by atoms with van der Waals surface area (Å²) in [7, 11) is 0. The molecule has 4 nitrogen and oxygen atoms in total. The molecule has 0 amide bonds. The molecule has 0 aliphatic rings. The molecular weight excluding hydrogens is 192 g/mol. The molecular formula is C8H13ClN2O2. The van der Waals surface area contributed by atoms with Gasteiger partial charge in [-0.25, -0.2) is 0 Å². The largest absolute Gasteiger partial charge is 0.382 e. The standard InChI is InChI=1S/C8H13ClN2O2/c1-2-12-5-3-4-8-10-7(6-9)11-13-8/h2-6H2,1H3. The topological polar surface area (TPSA) is 48.2 Å². The van der Waals surface area contributed by atoms with Crippen LogP contribution in [0.4, 0.5) is 0 Å². The molecule has 0 aliphatic heterocycles. The summed E-state index contributed by atoms with van der Waals surface area (Å²) >= 11 is 5.51. The van der Waals surface area contributed by atoms with Crippen LogP contribution in [0.25, 0.3) is 0 Å². The average Bonchev–Trinajstić information content (AvgIpc) is 2.60. The molecule has 0 radical (unpaired) electrons. The Labute approximate surface area is 82.2 Å². The summed E-state index contributed by atoms with van der Waals surface area (Å²) in [6.45, 7) is 3.45. The Hall–Kier alpha value is -0.610. The van der Waals surface area contributed by atoms with Crippen molar-refractivity contribution >= 4 is 11.6 Å². The van der Waals surface area contributed by atoms with E-state index in [4.69, 9.17) is 20.9 Å². The van der Waals surface area contributed by atoms with E-state index in [0.717, 1.165) is 26.1 Å². The van der Waals surface area contributed by atoms with Gasteiger partial charge in [-0.2, -0.15) is 4.98 Å². The van der Waals surface area contributed by atoms with E-state index in [1.54, 1.807) is 0 Å². The number of hydrogen-bond donors (Lipinski definition) is 0. The first-order valence-electron chi connectivity index (χ1n) is 4.32. The molecule has 0 N–H and O–H groups in total. The SMILES string of the molecule is CCOCCCc1nc(CCl)no1. The second-order valence-electron chi connectivity index (χ2n) is 2.54. The average molecular weight is 205 g/mol. The van der Waals surface area contributed by atoms with Crippen molar-refractivity contribution in [1.82, 2.24) is 10.1 Å². The number of rotatable bonds is 6. The maximum atomic E-state index is 5.51. The van der Waals surface area contributed by atoms with Crippen LogP contribution in [0, 0.1) is 0 Å². The van der Waals surface area contributed by atoms with Crippen LogP contribution in [0.3, 0.4) is 0 Å². The fraction of sp³-hybridized carbons (Fsp3) is 0.750. The van der Waals surface area contributed by atoms with Crippen molar-refractivity contribution in [3.05, 3.63) is 11.7 Å². The molecule has 1 aromatic rings. The van der Waals surface area contributed by atoms with Crippen LogP contribution in [0.1, 0.15) is 25.1 Å². The number of aryl methyl sites for hydroxylation is 1. The van der Waals surface area contributed by atoms with Gasteiger partial charge in [-0.1, -0.05) is 5.16 Å². The van der Waals surface area contributed by atoms with Gasteiger partial charge in [0.15, 0.2) is 5.82 Å². The minimum Gasteiger partial charge on any atom is -0.382 e. The molecule has 0 fully saturated rings. The van der Waals surface area contributed by atoms with E-state index in [1.807, 2.05) is 6.92 Å². The van der Waals surface area contributed by atoms with Gasteiger partial charge in [-0.3, -0.25) is 0 Å². The number of ether oxygens (including phenoxy) is 1. The molecule has 0 aliphatic carbocycles. The fourth-order valence-corrected chi connectivity index (χ4v) is 1.02. The molecule has 0 spiro atoms. The van der Waals surface area contributed by atoms with Crippen LogP contribution < -0.4 is 0 Å². The van der Waals surface area contributed by atoms with Crippen molar-refractivity contribution in [2.75, 3.05) is 13.2 Å². The third-order valence-electron chi connectivity index (χ3n) is 1.51. The van der Waals surface area contributed by atoms with Gasteiger partial charge in [0.05, 0.1) is 5.88 Å². The van der Waals surface area contributed by atoms with Crippen LogP contribution in [0.15, 0.2) is 4.52 Å². The van der Waals surface area contributed by atoms with Gasteiger partial charge < -0.3 is 9.26 Å². The molecule has 0 bridgehead atoms. The zero-order chi connectivity index (χ0) is 9.52. The third-order valence-corrected chi connectivity index (χ3v) is 1.75. The predicted molar refractivity (Wildman–Crippen MR) is 48.7 cm³/mol. The molecule has 74 valence electrons. The molecule has 0 aromatic carbocycles. The van der Waals surface area contributed by atoms with Crippen LogP contribution in [0.5, 0.6) is 0 Å². The Morgan fingerprint density at radius 3 is 3.00 bits per heavy atom. The number of hydrogen-bond acceptors (Lipinski definition) is 4. The van der Waals surface area contributed by atoms with E-state index >= 15 is 0 Å². The van der Waals surface area contributed by atoms with Crippen molar-refractivity contribution in [1.29, 1.82) is 0 Å². The zero-order valence-electron chi connectivity index (χ0n) is 7.62. The second kappa shape index (κ2) is 5.94. The van der Waals surface area contributed by atoms with E-state index in [0.29, 0.717) is 17.6 Å². The van der Waals surface area contributed by atoms with Crippen LogP contribution in [-0.2, 0) is 17.0 Å². The van der Waals surface area contributed by atoms with Gasteiger partial charge in [0.25, 0.3) is 0 Å². The minimum atomic E-state index is 0.301. The summed E-state index contributed by atoms with van der Waals surface area (Å²) < 4.78 is 10.1. The smallest absolute Gasteiger partial charge is 0.226 e. The van der Waals surface area contributed by atoms with Crippen molar-refractivity contribution < 1.29 is 9.26 Å². The van der Waals surface area contributed by atoms with Gasteiger partial charge in [-0.05, 0) is 13.3 Å². The Bertz CT molecular complexity index is 240. The van der Waals surface area contributed by atoms with Gasteiger partial charge >= 0.3 is 0 Å². The first-order chi connectivity index (χ1) is 6.36. The maximum absolute atomic E-state index is 5.51. The summed E-state index contributed by atoms with van der Waals surface area (Å²) in [6, 6.07) is 0. The van der Waals surface area contributed by atoms with Gasteiger partial charge in [-0.15, -0.1) is 11.6 Å². The van der Waals surface area contributed by atoms with Crippen LogP contribution in [0.2, 0.25) is 0 Å². The summed E-state index contributed by atoms with van der Waals surface area (Å²) in [5.41, 5.74) is 0. The number of alkyl halides is 1. The number of nitrogens with zero attached hydrogens (tertiary/aromatic N) is 2. The van der Waals surface area contributed by atoms with E-state index in [1.165, 1.54) is 0 Å². The highest BCUT2D eigenvalue weighted by Gasteiger charge is 2.03. The number of halogens is 1. The maximum Gasteiger partial charge on any atom is 0.226 e. The zero-order valence-corrected chi connectivity index (χ0v) is 8.38. The van der Waals surface area contributed by atoms with Crippen LogP contribution >= 0.6 is 11.6 Å². The van der Waals surface area contributed by atoms with E-state index < -0.39 is 0 Å². The summed E-state index contributed by atoms with van der Waals surface area (Å²) in [5.74, 6) is 1.48. The molecule has 1 heterocycles. The first-order valence-corrected chi connectivity index (χ1v) is 4.85. The normalized spacial score (nSPS) is 10.6. The highest BCUT2D eigenvalue weighted by molar-refractivity contribution is 6.16. The Balaban J connectivity index is 2.20. The highest BCUT2D eigenvalue weighted by atomic mass is 35.5. The summed E-state index contributed by atoms with van der Waals surface area (Å²) in [4.78, 5) is 4.06. The third kappa shape index (κ3) is 3.74. The summed E-state index contributed by atoms with van der Waals surface area (Å²) in [6.07, 6.45) is 1.65. The Morgan fingerprint density at radius 1 is 1.54 bits per heavy atom. The van der Waals surface area contributed by atoms with Crippen molar-refractivity contribution in [3.63, 3.8) is 0 Å². The molecule has 5 heteroatoms. The second-order valence-corrected chi connectivity index (χ2v) is 2.81.